The number of carbonyl (C=O) groups is 3. The molecule has 0 bridgehead atoms. The molecule has 1 saturated heterocycles. The van der Waals surface area contributed by atoms with Crippen molar-refractivity contribution in [3.8, 4) is 0 Å². The van der Waals surface area contributed by atoms with E-state index in [0.29, 0.717) is 17.7 Å². The van der Waals surface area contributed by atoms with Gasteiger partial charge in [0.25, 0.3) is 11.8 Å². The first-order valence-corrected chi connectivity index (χ1v) is 11.7. The molecule has 1 atom stereocenters. The lowest BCUT2D eigenvalue weighted by Crippen LogP contribution is -2.33. The number of anilines is 1. The molecular formula is C20H26N2O6S. The molecule has 158 valence electrons. The quantitative estimate of drug-likeness (QED) is 0.645. The first-order chi connectivity index (χ1) is 13.8. The average Bonchev–Trinajstić information content (AvgIpc) is 3.29. The van der Waals surface area contributed by atoms with Crippen molar-refractivity contribution in [2.45, 2.75) is 44.6 Å². The number of amides is 2. The monoisotopic (exact) mass is 422 g/mol. The molecule has 8 nitrogen and oxygen atoms in total. The molecule has 1 heterocycles. The van der Waals surface area contributed by atoms with E-state index < -0.39 is 28.3 Å². The maximum atomic E-state index is 12.5. The van der Waals surface area contributed by atoms with Crippen LogP contribution in [0, 0.1) is 5.92 Å². The number of esters is 1. The van der Waals surface area contributed by atoms with Gasteiger partial charge in [-0.15, -0.1) is 0 Å². The fourth-order valence-electron chi connectivity index (χ4n) is 3.78. The topological polar surface area (TPSA) is 119 Å². The standard InChI is InChI=1S/C20H26N2O6S/c23-18(12-28-19(24)11-14-9-10-29(26,27)13-14)22-17-8-4-3-7-16(17)20(25)21-15-5-1-2-6-15/h3-4,7-8,14-15H,1-2,5-6,9-13H2,(H,21,25)(H,22,23)/t14-/m0/s1. The van der Waals surface area contributed by atoms with E-state index in [1.807, 2.05) is 0 Å². The van der Waals surface area contributed by atoms with E-state index in [9.17, 15) is 22.8 Å². The van der Waals surface area contributed by atoms with Gasteiger partial charge in [0.05, 0.1) is 22.8 Å². The highest BCUT2D eigenvalue weighted by Gasteiger charge is 2.30. The van der Waals surface area contributed by atoms with Crippen molar-refractivity contribution in [2.75, 3.05) is 23.4 Å². The van der Waals surface area contributed by atoms with Gasteiger partial charge in [-0.3, -0.25) is 14.4 Å². The Labute approximate surface area is 170 Å². The molecule has 1 aromatic rings. The summed E-state index contributed by atoms with van der Waals surface area (Å²) in [5.41, 5.74) is 0.709. The Morgan fingerprint density at radius 3 is 2.48 bits per heavy atom. The van der Waals surface area contributed by atoms with Crippen LogP contribution in [0.1, 0.15) is 48.9 Å². The summed E-state index contributed by atoms with van der Waals surface area (Å²) in [5, 5.41) is 5.59. The Kier molecular flexibility index (Phi) is 6.89. The average molecular weight is 423 g/mol. The van der Waals surface area contributed by atoms with Gasteiger partial charge in [0, 0.05) is 12.5 Å². The van der Waals surface area contributed by atoms with Crippen molar-refractivity contribution in [1.29, 1.82) is 0 Å². The van der Waals surface area contributed by atoms with Gasteiger partial charge in [0.2, 0.25) is 0 Å². The van der Waals surface area contributed by atoms with Crippen molar-refractivity contribution in [1.82, 2.24) is 5.32 Å². The lowest BCUT2D eigenvalue weighted by atomic mass is 10.1. The molecule has 0 unspecified atom stereocenters. The highest BCUT2D eigenvalue weighted by molar-refractivity contribution is 7.91. The largest absolute Gasteiger partial charge is 0.456 e. The number of ether oxygens (including phenoxy) is 1. The molecule has 0 spiro atoms. The number of para-hydroxylation sites is 1. The maximum absolute atomic E-state index is 12.5. The third-order valence-electron chi connectivity index (χ3n) is 5.28. The van der Waals surface area contributed by atoms with Gasteiger partial charge in [-0.05, 0) is 37.3 Å². The van der Waals surface area contributed by atoms with E-state index in [0.717, 1.165) is 25.7 Å². The van der Waals surface area contributed by atoms with Crippen molar-refractivity contribution >= 4 is 33.3 Å². The second-order valence-electron chi connectivity index (χ2n) is 7.68. The predicted octanol–water partition coefficient (Wildman–Crippen LogP) is 1.67. The Balaban J connectivity index is 1.49. The van der Waals surface area contributed by atoms with Gasteiger partial charge < -0.3 is 15.4 Å². The van der Waals surface area contributed by atoms with Crippen LogP contribution >= 0.6 is 0 Å². The zero-order chi connectivity index (χ0) is 20.9. The Bertz CT molecular complexity index is 877. The summed E-state index contributed by atoms with van der Waals surface area (Å²) >= 11 is 0. The first kappa shape index (κ1) is 21.3. The summed E-state index contributed by atoms with van der Waals surface area (Å²) < 4.78 is 27.8. The molecule has 1 saturated carbocycles. The summed E-state index contributed by atoms with van der Waals surface area (Å²) in [6.07, 6.45) is 4.53. The lowest BCUT2D eigenvalue weighted by Gasteiger charge is -2.15. The van der Waals surface area contributed by atoms with Crippen LogP contribution in [-0.2, 0) is 24.2 Å². The second-order valence-corrected chi connectivity index (χ2v) is 9.91. The zero-order valence-electron chi connectivity index (χ0n) is 16.2. The smallest absolute Gasteiger partial charge is 0.306 e. The molecule has 2 N–H and O–H groups in total. The molecule has 2 fully saturated rings. The SMILES string of the molecule is O=C(COC(=O)C[C@@H]1CCS(=O)(=O)C1)Nc1ccccc1C(=O)NC1CCCC1. The summed E-state index contributed by atoms with van der Waals surface area (Å²) in [6.45, 7) is -0.489. The molecule has 1 aromatic carbocycles. The van der Waals surface area contributed by atoms with Crippen LogP contribution in [0.3, 0.4) is 0 Å². The van der Waals surface area contributed by atoms with E-state index in [2.05, 4.69) is 10.6 Å². The minimum atomic E-state index is -3.06. The van der Waals surface area contributed by atoms with Crippen molar-refractivity contribution in [3.63, 3.8) is 0 Å². The molecule has 3 rings (SSSR count). The number of carbonyl (C=O) groups excluding carboxylic acids is 3. The molecule has 0 radical (unpaired) electrons. The zero-order valence-corrected chi connectivity index (χ0v) is 17.0. The number of sulfone groups is 1. The fourth-order valence-corrected chi connectivity index (χ4v) is 5.65. The Hall–Kier alpha value is -2.42. The molecule has 9 heteroatoms. The van der Waals surface area contributed by atoms with Crippen LogP contribution in [-0.4, -0.2) is 50.4 Å². The minimum Gasteiger partial charge on any atom is -0.456 e. The van der Waals surface area contributed by atoms with E-state index in [1.54, 1.807) is 24.3 Å². The first-order valence-electron chi connectivity index (χ1n) is 9.88. The fraction of sp³-hybridized carbons (Fsp3) is 0.550. The molecule has 1 aliphatic heterocycles. The molecule has 2 amide bonds. The second kappa shape index (κ2) is 9.39. The van der Waals surface area contributed by atoms with Gasteiger partial charge >= 0.3 is 5.97 Å². The highest BCUT2D eigenvalue weighted by Crippen LogP contribution is 2.22. The van der Waals surface area contributed by atoms with Gasteiger partial charge in [0.15, 0.2) is 16.4 Å². The molecule has 29 heavy (non-hydrogen) atoms. The van der Waals surface area contributed by atoms with Crippen LogP contribution in [0.25, 0.3) is 0 Å². The van der Waals surface area contributed by atoms with E-state index in [-0.39, 0.29) is 35.8 Å². The molecule has 2 aliphatic rings. The van der Waals surface area contributed by atoms with Crippen LogP contribution in [0.2, 0.25) is 0 Å². The Morgan fingerprint density at radius 2 is 1.79 bits per heavy atom. The number of benzene rings is 1. The van der Waals surface area contributed by atoms with E-state index in [1.165, 1.54) is 0 Å². The maximum Gasteiger partial charge on any atom is 0.306 e. The lowest BCUT2D eigenvalue weighted by molar-refractivity contribution is -0.148. The van der Waals surface area contributed by atoms with Crippen molar-refractivity contribution in [2.24, 2.45) is 5.92 Å². The van der Waals surface area contributed by atoms with Crippen LogP contribution in [0.4, 0.5) is 5.69 Å². The number of hydrogen-bond donors (Lipinski definition) is 2. The molecule has 0 aromatic heterocycles. The van der Waals surface area contributed by atoms with E-state index in [4.69, 9.17) is 4.74 Å². The van der Waals surface area contributed by atoms with Crippen LogP contribution in [0.5, 0.6) is 0 Å². The summed E-state index contributed by atoms with van der Waals surface area (Å²) in [6, 6.07) is 6.83. The Morgan fingerprint density at radius 1 is 1.07 bits per heavy atom. The third kappa shape index (κ3) is 6.28. The molecular weight excluding hydrogens is 396 g/mol. The van der Waals surface area contributed by atoms with Crippen molar-refractivity contribution < 1.29 is 27.5 Å². The summed E-state index contributed by atoms with van der Waals surface area (Å²) in [4.78, 5) is 36.6. The van der Waals surface area contributed by atoms with Gasteiger partial charge in [-0.1, -0.05) is 25.0 Å². The van der Waals surface area contributed by atoms with Gasteiger partial charge in [-0.2, -0.15) is 0 Å². The summed E-state index contributed by atoms with van der Waals surface area (Å²) in [5.74, 6) is -1.58. The third-order valence-corrected chi connectivity index (χ3v) is 7.12. The minimum absolute atomic E-state index is 0.0161. The van der Waals surface area contributed by atoms with Crippen molar-refractivity contribution in [3.05, 3.63) is 29.8 Å². The normalized spacial score (nSPS) is 20.9. The summed E-state index contributed by atoms with van der Waals surface area (Å²) in [7, 11) is -3.06. The van der Waals surface area contributed by atoms with Gasteiger partial charge in [0.1, 0.15) is 0 Å². The van der Waals surface area contributed by atoms with Crippen LogP contribution in [0.15, 0.2) is 24.3 Å². The highest BCUT2D eigenvalue weighted by atomic mass is 32.2. The van der Waals surface area contributed by atoms with Crippen LogP contribution < -0.4 is 10.6 Å². The number of nitrogens with one attached hydrogen (secondary N) is 2. The molecule has 1 aliphatic carbocycles. The number of hydrogen-bond acceptors (Lipinski definition) is 6. The van der Waals surface area contributed by atoms with E-state index >= 15 is 0 Å². The predicted molar refractivity (Wildman–Crippen MR) is 107 cm³/mol. The van der Waals surface area contributed by atoms with Gasteiger partial charge in [-0.25, -0.2) is 8.42 Å². The number of rotatable bonds is 7.